The number of carboxylic acids is 1. The zero-order valence-electron chi connectivity index (χ0n) is 21.9. The van der Waals surface area contributed by atoms with Gasteiger partial charge < -0.3 is 25.2 Å². The fourth-order valence-corrected chi connectivity index (χ4v) is 4.55. The van der Waals surface area contributed by atoms with Crippen LogP contribution < -0.4 is 20.1 Å². The quantitative estimate of drug-likeness (QED) is 0.259. The molecule has 9 nitrogen and oxygen atoms in total. The summed E-state index contributed by atoms with van der Waals surface area (Å²) in [5, 5.41) is 20.8. The van der Waals surface area contributed by atoms with Crippen molar-refractivity contribution in [3.05, 3.63) is 90.8 Å². The van der Waals surface area contributed by atoms with Crippen LogP contribution in [0.3, 0.4) is 0 Å². The minimum atomic E-state index is -0.833. The molecule has 0 unspecified atom stereocenters. The van der Waals surface area contributed by atoms with Gasteiger partial charge in [0.05, 0.1) is 18.7 Å². The molecule has 1 aromatic heterocycles. The lowest BCUT2D eigenvalue weighted by atomic mass is 9.72. The largest absolute Gasteiger partial charge is 0.497 e. The van der Waals surface area contributed by atoms with Gasteiger partial charge in [-0.3, -0.25) is 14.7 Å². The van der Waals surface area contributed by atoms with E-state index >= 15 is 0 Å². The van der Waals surface area contributed by atoms with Gasteiger partial charge in [-0.25, -0.2) is 0 Å². The van der Waals surface area contributed by atoms with Gasteiger partial charge >= 0.3 is 0 Å². The van der Waals surface area contributed by atoms with Crippen molar-refractivity contribution in [2.75, 3.05) is 25.5 Å². The van der Waals surface area contributed by atoms with Gasteiger partial charge in [-0.15, -0.1) is 0 Å². The highest BCUT2D eigenvalue weighted by Crippen LogP contribution is 2.36. The lowest BCUT2D eigenvalue weighted by Gasteiger charge is -2.37. The Morgan fingerprint density at radius 2 is 1.59 bits per heavy atom. The molecule has 1 saturated heterocycles. The average molecular weight is 529 g/mol. The Labute approximate surface area is 227 Å². The first-order chi connectivity index (χ1) is 18.9. The van der Waals surface area contributed by atoms with E-state index in [9.17, 15) is 4.79 Å². The van der Waals surface area contributed by atoms with Crippen molar-refractivity contribution in [3.8, 4) is 28.4 Å². The Bertz CT molecular complexity index is 1360. The van der Waals surface area contributed by atoms with E-state index in [2.05, 4.69) is 45.1 Å². The number of carbonyl (C=O) groups excluding carboxylic acids is 1. The molecule has 1 amide bonds. The second-order valence-corrected chi connectivity index (χ2v) is 9.17. The Kier molecular flexibility index (Phi) is 8.96. The van der Waals surface area contributed by atoms with Crippen LogP contribution in [-0.2, 0) is 15.0 Å². The summed E-state index contributed by atoms with van der Waals surface area (Å²) in [6, 6.07) is 23.1. The van der Waals surface area contributed by atoms with Gasteiger partial charge in [0.15, 0.2) is 0 Å². The van der Waals surface area contributed by atoms with Crippen LogP contribution in [0.2, 0.25) is 0 Å². The Hall–Kier alpha value is -4.63. The number of amides is 1. The lowest BCUT2D eigenvalue weighted by molar-refractivity contribution is -0.134. The number of rotatable bonds is 7. The number of ether oxygens (including phenoxy) is 2. The second kappa shape index (κ2) is 12.7. The Morgan fingerprint density at radius 1 is 0.923 bits per heavy atom. The minimum Gasteiger partial charge on any atom is -0.497 e. The molecule has 3 aromatic carbocycles. The van der Waals surface area contributed by atoms with Crippen LogP contribution >= 0.6 is 0 Å². The molecule has 39 heavy (non-hydrogen) atoms. The van der Waals surface area contributed by atoms with Crippen molar-refractivity contribution in [2.24, 2.45) is 0 Å². The van der Waals surface area contributed by atoms with Gasteiger partial charge in [-0.2, -0.15) is 5.10 Å². The van der Waals surface area contributed by atoms with E-state index in [1.54, 1.807) is 13.3 Å². The highest BCUT2D eigenvalue weighted by molar-refractivity contribution is 5.99. The fourth-order valence-electron chi connectivity index (χ4n) is 4.55. The molecule has 9 heteroatoms. The predicted octanol–water partition coefficient (Wildman–Crippen LogP) is 5.23. The molecule has 0 aliphatic carbocycles. The molecule has 0 atom stereocenters. The van der Waals surface area contributed by atoms with Crippen molar-refractivity contribution in [1.82, 2.24) is 15.5 Å². The number of carboxylic acid groups (broad SMARTS) is 1. The summed E-state index contributed by atoms with van der Waals surface area (Å²) in [4.78, 5) is 22.7. The SMILES string of the molecule is CC(=O)O.COc1cccc(Oc2ccc(NC(=O)C3(c4ccc(-c5cn[nH]c5)cc4)CCNCC3)cc2)c1. The van der Waals surface area contributed by atoms with Crippen LogP contribution in [0, 0.1) is 0 Å². The number of hydrogen-bond donors (Lipinski definition) is 4. The van der Waals surface area contributed by atoms with Crippen molar-refractivity contribution in [3.63, 3.8) is 0 Å². The van der Waals surface area contributed by atoms with E-state index in [1.807, 2.05) is 54.7 Å². The van der Waals surface area contributed by atoms with Gasteiger partial charge in [0.25, 0.3) is 5.97 Å². The van der Waals surface area contributed by atoms with E-state index in [4.69, 9.17) is 19.4 Å². The summed E-state index contributed by atoms with van der Waals surface area (Å²) < 4.78 is 11.2. The standard InChI is InChI=1S/C28H28N4O3.C2H4O2/c1-34-25-3-2-4-26(17-25)35-24-11-9-23(10-12-24)32-27(33)28(13-15-29-16-14-28)22-7-5-20(6-8-22)21-18-30-31-19-21;1-2(3)4/h2-12,17-19,29H,13-16H2,1H3,(H,30,31)(H,32,33);1H3,(H,3,4). The molecule has 0 spiro atoms. The van der Waals surface area contributed by atoms with Crippen LogP contribution in [0.25, 0.3) is 11.1 Å². The molecule has 0 bridgehead atoms. The average Bonchev–Trinajstić information content (AvgIpc) is 3.50. The maximum atomic E-state index is 13.7. The monoisotopic (exact) mass is 528 g/mol. The summed E-state index contributed by atoms with van der Waals surface area (Å²) in [6.07, 6.45) is 5.13. The molecule has 0 saturated carbocycles. The number of methoxy groups -OCH3 is 1. The summed E-state index contributed by atoms with van der Waals surface area (Å²) in [5.74, 6) is 1.28. The highest BCUT2D eigenvalue weighted by atomic mass is 16.5. The molecule has 0 radical (unpaired) electrons. The van der Waals surface area contributed by atoms with Gasteiger partial charge in [0, 0.05) is 30.4 Å². The molecule has 4 N–H and O–H groups in total. The van der Waals surface area contributed by atoms with E-state index in [0.29, 0.717) is 11.5 Å². The number of hydrogen-bond acceptors (Lipinski definition) is 6. The van der Waals surface area contributed by atoms with E-state index in [-0.39, 0.29) is 5.91 Å². The van der Waals surface area contributed by atoms with Crippen LogP contribution in [-0.4, -0.2) is 47.4 Å². The number of anilines is 1. The number of H-pyrrole nitrogens is 1. The molecule has 4 aromatic rings. The third kappa shape index (κ3) is 7.03. The molecular formula is C30H32N4O5. The van der Waals surface area contributed by atoms with E-state index in [1.165, 1.54) is 0 Å². The molecule has 5 rings (SSSR count). The Morgan fingerprint density at radius 3 is 2.21 bits per heavy atom. The lowest BCUT2D eigenvalue weighted by Crippen LogP contribution is -2.48. The third-order valence-electron chi connectivity index (χ3n) is 6.55. The van der Waals surface area contributed by atoms with Crippen LogP contribution in [0.5, 0.6) is 17.2 Å². The number of aliphatic carboxylic acids is 1. The van der Waals surface area contributed by atoms with Crippen LogP contribution in [0.4, 0.5) is 5.69 Å². The molecule has 1 fully saturated rings. The molecule has 1 aliphatic heterocycles. The van der Waals surface area contributed by atoms with Gasteiger partial charge in [-0.05, 0) is 73.5 Å². The summed E-state index contributed by atoms with van der Waals surface area (Å²) in [6.45, 7) is 2.68. The molecular weight excluding hydrogens is 496 g/mol. The number of carbonyl (C=O) groups is 2. The number of aromatic nitrogens is 2. The topological polar surface area (TPSA) is 126 Å². The zero-order chi connectivity index (χ0) is 27.7. The first-order valence-corrected chi connectivity index (χ1v) is 12.6. The van der Waals surface area contributed by atoms with E-state index < -0.39 is 11.4 Å². The Balaban J connectivity index is 0.000000826. The fraction of sp³-hybridized carbons (Fsp3) is 0.233. The summed E-state index contributed by atoms with van der Waals surface area (Å²) >= 11 is 0. The number of nitrogens with one attached hydrogen (secondary N) is 3. The molecule has 1 aliphatic rings. The first-order valence-electron chi connectivity index (χ1n) is 12.6. The summed E-state index contributed by atoms with van der Waals surface area (Å²) in [7, 11) is 1.62. The smallest absolute Gasteiger partial charge is 0.300 e. The second-order valence-electron chi connectivity index (χ2n) is 9.17. The maximum Gasteiger partial charge on any atom is 0.300 e. The molecule has 2 heterocycles. The predicted molar refractivity (Wildman–Crippen MR) is 149 cm³/mol. The van der Waals surface area contributed by atoms with Crippen LogP contribution in [0.1, 0.15) is 25.3 Å². The molecule has 202 valence electrons. The number of benzene rings is 3. The van der Waals surface area contributed by atoms with Gasteiger partial charge in [-0.1, -0.05) is 30.3 Å². The van der Waals surface area contributed by atoms with Crippen molar-refractivity contribution >= 4 is 17.6 Å². The van der Waals surface area contributed by atoms with E-state index in [0.717, 1.165) is 61.0 Å². The van der Waals surface area contributed by atoms with Gasteiger partial charge in [0.2, 0.25) is 5.91 Å². The first kappa shape index (κ1) is 27.4. The number of nitrogens with zero attached hydrogens (tertiary/aromatic N) is 1. The summed E-state index contributed by atoms with van der Waals surface area (Å²) in [5.41, 5.74) is 3.27. The highest BCUT2D eigenvalue weighted by Gasteiger charge is 2.41. The third-order valence-corrected chi connectivity index (χ3v) is 6.55. The number of piperidine rings is 1. The van der Waals surface area contributed by atoms with Crippen molar-refractivity contribution < 1.29 is 24.2 Å². The maximum absolute atomic E-state index is 13.7. The zero-order valence-corrected chi connectivity index (χ0v) is 21.9. The van der Waals surface area contributed by atoms with Crippen molar-refractivity contribution in [2.45, 2.75) is 25.2 Å². The van der Waals surface area contributed by atoms with Crippen molar-refractivity contribution in [1.29, 1.82) is 0 Å². The van der Waals surface area contributed by atoms with Gasteiger partial charge in [0.1, 0.15) is 17.2 Å². The number of aromatic amines is 1. The normalized spacial score (nSPS) is 13.9. The van der Waals surface area contributed by atoms with Crippen LogP contribution in [0.15, 0.2) is 85.2 Å². The minimum absolute atomic E-state index is 0.0107.